The largest absolute Gasteiger partial charge is 0.394 e. The highest BCUT2D eigenvalue weighted by Gasteiger charge is 2.34. The van der Waals surface area contributed by atoms with Crippen LogP contribution in [-0.4, -0.2) is 37.3 Å². The minimum Gasteiger partial charge on any atom is -0.394 e. The van der Waals surface area contributed by atoms with Crippen LogP contribution in [0.15, 0.2) is 36.7 Å². The number of nitrogen functional groups attached to an aromatic ring is 1. The van der Waals surface area contributed by atoms with Crippen molar-refractivity contribution in [1.82, 2.24) is 19.5 Å². The summed E-state index contributed by atoms with van der Waals surface area (Å²) in [7, 11) is 0. The van der Waals surface area contributed by atoms with Gasteiger partial charge in [-0.2, -0.15) is 9.97 Å². The lowest BCUT2D eigenvalue weighted by molar-refractivity contribution is -0.0294. The first-order valence-electron chi connectivity index (χ1n) is 8.70. The third-order valence-corrected chi connectivity index (χ3v) is 4.67. The number of anilines is 2. The number of fused-ring (bicyclic) bond motifs is 1. The molecule has 136 valence electrons. The lowest BCUT2D eigenvalue weighted by atomic mass is 10.1. The van der Waals surface area contributed by atoms with Crippen molar-refractivity contribution in [3.8, 4) is 0 Å². The van der Waals surface area contributed by atoms with Crippen LogP contribution >= 0.6 is 0 Å². The van der Waals surface area contributed by atoms with Gasteiger partial charge in [0.1, 0.15) is 6.23 Å². The number of imidazole rings is 1. The Hall–Kier alpha value is -2.71. The Kier molecular flexibility index (Phi) is 4.44. The summed E-state index contributed by atoms with van der Waals surface area (Å²) in [5.74, 6) is 1.01. The molecule has 3 atom stereocenters. The molecule has 0 spiro atoms. The summed E-state index contributed by atoms with van der Waals surface area (Å²) in [6.45, 7) is 2.71. The molecule has 1 saturated heterocycles. The number of aromatic nitrogens is 4. The van der Waals surface area contributed by atoms with E-state index in [1.165, 1.54) is 0 Å². The smallest absolute Gasteiger partial charge is 0.224 e. The molecule has 1 fully saturated rings. The molecule has 0 bridgehead atoms. The van der Waals surface area contributed by atoms with Gasteiger partial charge in [-0.15, -0.1) is 0 Å². The van der Waals surface area contributed by atoms with Gasteiger partial charge >= 0.3 is 0 Å². The SMILES string of the molecule is C[C@H]1C[C@@H](CO)OC1n1cnc2c(NCc3ccccc3)nc(N)nc21. The second kappa shape index (κ2) is 6.89. The van der Waals surface area contributed by atoms with Crippen molar-refractivity contribution in [3.05, 3.63) is 42.2 Å². The van der Waals surface area contributed by atoms with Crippen LogP contribution in [0.1, 0.15) is 25.1 Å². The minimum absolute atomic E-state index is 0.00841. The number of nitrogens with two attached hydrogens (primary N) is 1. The zero-order valence-corrected chi connectivity index (χ0v) is 14.5. The molecule has 1 aromatic carbocycles. The highest BCUT2D eigenvalue weighted by atomic mass is 16.5. The van der Waals surface area contributed by atoms with Crippen LogP contribution in [0.2, 0.25) is 0 Å². The number of aliphatic hydroxyl groups is 1. The molecule has 1 unspecified atom stereocenters. The van der Waals surface area contributed by atoms with Crippen LogP contribution in [0.5, 0.6) is 0 Å². The Bertz CT molecular complexity index is 897. The fourth-order valence-corrected chi connectivity index (χ4v) is 3.40. The lowest BCUT2D eigenvalue weighted by Gasteiger charge is -2.17. The first-order chi connectivity index (χ1) is 12.7. The van der Waals surface area contributed by atoms with Crippen molar-refractivity contribution < 1.29 is 9.84 Å². The van der Waals surface area contributed by atoms with Gasteiger partial charge in [-0.3, -0.25) is 4.57 Å². The number of rotatable bonds is 5. The van der Waals surface area contributed by atoms with Gasteiger partial charge < -0.3 is 20.9 Å². The zero-order chi connectivity index (χ0) is 18.1. The molecule has 4 N–H and O–H groups in total. The maximum Gasteiger partial charge on any atom is 0.224 e. The first-order valence-corrected chi connectivity index (χ1v) is 8.70. The maximum absolute atomic E-state index is 9.37. The Morgan fingerprint density at radius 2 is 2.12 bits per heavy atom. The van der Waals surface area contributed by atoms with Crippen molar-refractivity contribution in [2.45, 2.75) is 32.2 Å². The molecule has 0 amide bonds. The Balaban J connectivity index is 1.65. The van der Waals surface area contributed by atoms with Crippen molar-refractivity contribution >= 4 is 22.9 Å². The first kappa shape index (κ1) is 16.7. The van der Waals surface area contributed by atoms with Crippen LogP contribution < -0.4 is 11.1 Å². The van der Waals surface area contributed by atoms with E-state index < -0.39 is 0 Å². The highest BCUT2D eigenvalue weighted by Crippen LogP contribution is 2.36. The molecular formula is C18H22N6O2. The highest BCUT2D eigenvalue weighted by molar-refractivity contribution is 5.84. The van der Waals surface area contributed by atoms with Gasteiger partial charge in [-0.05, 0) is 12.0 Å². The molecule has 3 heterocycles. The van der Waals surface area contributed by atoms with Crippen LogP contribution in [0.4, 0.5) is 11.8 Å². The topological polar surface area (TPSA) is 111 Å². The van der Waals surface area contributed by atoms with Crippen molar-refractivity contribution in [1.29, 1.82) is 0 Å². The maximum atomic E-state index is 9.37. The monoisotopic (exact) mass is 354 g/mol. The fraction of sp³-hybridized carbons (Fsp3) is 0.389. The second-order valence-electron chi connectivity index (χ2n) is 6.64. The van der Waals surface area contributed by atoms with E-state index in [2.05, 4.69) is 27.2 Å². The molecular weight excluding hydrogens is 332 g/mol. The summed E-state index contributed by atoms with van der Waals surface area (Å²) in [6.07, 6.45) is 2.10. The number of hydrogen-bond donors (Lipinski definition) is 3. The number of ether oxygens (including phenoxy) is 1. The molecule has 2 aromatic heterocycles. The van der Waals surface area contributed by atoms with Gasteiger partial charge in [0.15, 0.2) is 17.0 Å². The Labute approximate surface area is 151 Å². The molecule has 8 heteroatoms. The Morgan fingerprint density at radius 1 is 1.31 bits per heavy atom. The predicted octanol–water partition coefficient (Wildman–Crippen LogP) is 1.94. The number of aliphatic hydroxyl groups excluding tert-OH is 1. The number of nitrogens with one attached hydrogen (secondary N) is 1. The quantitative estimate of drug-likeness (QED) is 0.642. The number of benzene rings is 1. The minimum atomic E-state index is -0.228. The van der Waals surface area contributed by atoms with Gasteiger partial charge in [0.2, 0.25) is 5.95 Å². The summed E-state index contributed by atoms with van der Waals surface area (Å²) >= 11 is 0. The van der Waals surface area contributed by atoms with Crippen molar-refractivity contribution in [2.24, 2.45) is 5.92 Å². The molecule has 0 saturated carbocycles. The van der Waals surface area contributed by atoms with E-state index in [0.717, 1.165) is 12.0 Å². The van der Waals surface area contributed by atoms with E-state index in [-0.39, 0.29) is 30.8 Å². The molecule has 8 nitrogen and oxygen atoms in total. The third-order valence-electron chi connectivity index (χ3n) is 4.67. The summed E-state index contributed by atoms with van der Waals surface area (Å²) in [5.41, 5.74) is 8.34. The van der Waals surface area contributed by atoms with E-state index in [0.29, 0.717) is 23.5 Å². The van der Waals surface area contributed by atoms with Gasteiger partial charge in [-0.25, -0.2) is 4.98 Å². The average molecular weight is 354 g/mol. The third kappa shape index (κ3) is 3.09. The molecule has 0 radical (unpaired) electrons. The molecule has 4 rings (SSSR count). The molecule has 1 aliphatic rings. The van der Waals surface area contributed by atoms with Crippen LogP contribution in [0.25, 0.3) is 11.2 Å². The van der Waals surface area contributed by atoms with E-state index in [4.69, 9.17) is 10.5 Å². The van der Waals surface area contributed by atoms with Crippen LogP contribution in [-0.2, 0) is 11.3 Å². The lowest BCUT2D eigenvalue weighted by Crippen LogP contribution is -2.16. The average Bonchev–Trinajstić information content (AvgIpc) is 3.23. The van der Waals surface area contributed by atoms with Gasteiger partial charge in [0.25, 0.3) is 0 Å². The predicted molar refractivity (Wildman–Crippen MR) is 98.3 cm³/mol. The molecule has 1 aliphatic heterocycles. The van der Waals surface area contributed by atoms with E-state index >= 15 is 0 Å². The molecule has 26 heavy (non-hydrogen) atoms. The summed E-state index contributed by atoms with van der Waals surface area (Å²) in [5, 5.41) is 12.7. The van der Waals surface area contributed by atoms with Gasteiger partial charge in [-0.1, -0.05) is 37.3 Å². The van der Waals surface area contributed by atoms with Crippen molar-refractivity contribution in [3.63, 3.8) is 0 Å². The van der Waals surface area contributed by atoms with Gasteiger partial charge in [0.05, 0.1) is 19.0 Å². The number of hydrogen-bond acceptors (Lipinski definition) is 7. The molecule has 0 aliphatic carbocycles. The van der Waals surface area contributed by atoms with E-state index in [1.807, 2.05) is 34.9 Å². The normalized spacial score (nSPS) is 22.8. The van der Waals surface area contributed by atoms with E-state index in [1.54, 1.807) is 6.33 Å². The standard InChI is InChI=1S/C18H22N6O2/c1-11-7-13(9-25)26-17(11)24-10-21-14-15(22-18(19)23-16(14)24)20-8-12-5-3-2-4-6-12/h2-6,10-11,13,17,25H,7-9H2,1H3,(H3,19,20,22,23)/t11-,13-,17?/m0/s1. The van der Waals surface area contributed by atoms with E-state index in [9.17, 15) is 5.11 Å². The summed E-state index contributed by atoms with van der Waals surface area (Å²) in [6, 6.07) is 10.0. The van der Waals surface area contributed by atoms with Crippen molar-refractivity contribution in [2.75, 3.05) is 17.7 Å². The second-order valence-corrected chi connectivity index (χ2v) is 6.64. The van der Waals surface area contributed by atoms with Gasteiger partial charge in [0, 0.05) is 12.5 Å². The fourth-order valence-electron chi connectivity index (χ4n) is 3.40. The van der Waals surface area contributed by atoms with Crippen LogP contribution in [0.3, 0.4) is 0 Å². The summed E-state index contributed by atoms with van der Waals surface area (Å²) in [4.78, 5) is 13.2. The number of nitrogens with zero attached hydrogens (tertiary/aromatic N) is 4. The van der Waals surface area contributed by atoms with Crippen LogP contribution in [0, 0.1) is 5.92 Å². The molecule has 3 aromatic rings. The summed E-state index contributed by atoms with van der Waals surface area (Å²) < 4.78 is 7.81. The zero-order valence-electron chi connectivity index (χ0n) is 14.5. The Morgan fingerprint density at radius 3 is 2.85 bits per heavy atom.